The molecule has 0 bridgehead atoms. The lowest BCUT2D eigenvalue weighted by atomic mass is 10.1. The summed E-state index contributed by atoms with van der Waals surface area (Å²) in [6.07, 6.45) is -4.38. The van der Waals surface area contributed by atoms with Crippen molar-refractivity contribution in [3.8, 4) is 0 Å². The molecule has 1 aromatic carbocycles. The van der Waals surface area contributed by atoms with Crippen LogP contribution in [0, 0.1) is 0 Å². The minimum atomic E-state index is -4.47. The molecule has 2 aromatic rings. The lowest BCUT2D eigenvalue weighted by molar-refractivity contribution is -0.137. The number of benzene rings is 1. The van der Waals surface area contributed by atoms with Crippen LogP contribution in [0.15, 0.2) is 16.5 Å². The number of hydrogen-bond acceptors (Lipinski definition) is 4. The third-order valence-electron chi connectivity index (χ3n) is 4.10. The van der Waals surface area contributed by atoms with Crippen LogP contribution >= 0.6 is 0 Å². The Labute approximate surface area is 138 Å². The van der Waals surface area contributed by atoms with Crippen LogP contribution < -0.4 is 0 Å². The highest BCUT2D eigenvalue weighted by molar-refractivity contribution is 5.78. The highest BCUT2D eigenvalue weighted by atomic mass is 19.4. The van der Waals surface area contributed by atoms with E-state index in [1.165, 1.54) is 6.07 Å². The molecule has 3 rings (SSSR count). The van der Waals surface area contributed by atoms with Gasteiger partial charge in [-0.2, -0.15) is 13.2 Å². The van der Waals surface area contributed by atoms with Gasteiger partial charge in [0.05, 0.1) is 12.7 Å². The third-order valence-corrected chi connectivity index (χ3v) is 4.10. The molecule has 1 aliphatic heterocycles. The first-order chi connectivity index (χ1) is 11.2. The molecule has 0 radical (unpaired) electrons. The molecule has 0 amide bonds. The van der Waals surface area contributed by atoms with E-state index in [-0.39, 0.29) is 23.1 Å². The molecule has 1 atom stereocenters. The number of alkyl halides is 3. The summed E-state index contributed by atoms with van der Waals surface area (Å²) >= 11 is 0. The average molecular weight is 342 g/mol. The van der Waals surface area contributed by atoms with Crippen molar-refractivity contribution in [3.63, 3.8) is 0 Å². The molecule has 0 N–H and O–H groups in total. The molecule has 4 nitrogen and oxygen atoms in total. The van der Waals surface area contributed by atoms with Crippen molar-refractivity contribution in [2.24, 2.45) is 0 Å². The summed E-state index contributed by atoms with van der Waals surface area (Å²) in [7, 11) is 0. The number of aromatic nitrogens is 1. The van der Waals surface area contributed by atoms with Crippen molar-refractivity contribution >= 4 is 11.1 Å². The lowest BCUT2D eigenvalue weighted by Crippen LogP contribution is -2.40. The fourth-order valence-electron chi connectivity index (χ4n) is 2.95. The van der Waals surface area contributed by atoms with Crippen LogP contribution in [0.5, 0.6) is 0 Å². The Hall–Kier alpha value is -1.60. The van der Waals surface area contributed by atoms with E-state index in [0.29, 0.717) is 37.7 Å². The van der Waals surface area contributed by atoms with E-state index in [9.17, 15) is 13.2 Å². The van der Waals surface area contributed by atoms with Gasteiger partial charge in [-0.1, -0.05) is 13.8 Å². The van der Waals surface area contributed by atoms with Crippen LogP contribution in [-0.4, -0.2) is 35.7 Å². The van der Waals surface area contributed by atoms with Gasteiger partial charge in [0.15, 0.2) is 11.5 Å². The van der Waals surface area contributed by atoms with E-state index >= 15 is 0 Å². The second kappa shape index (κ2) is 6.37. The van der Waals surface area contributed by atoms with E-state index in [4.69, 9.17) is 9.15 Å². The van der Waals surface area contributed by atoms with E-state index in [1.807, 2.05) is 20.8 Å². The van der Waals surface area contributed by atoms with Gasteiger partial charge in [0.1, 0.15) is 11.1 Å². The highest BCUT2D eigenvalue weighted by Gasteiger charge is 2.35. The predicted octanol–water partition coefficient (Wildman–Crippen LogP) is 4.19. The van der Waals surface area contributed by atoms with Crippen LogP contribution in [0.2, 0.25) is 0 Å². The Kier molecular flexibility index (Phi) is 4.57. The fourth-order valence-corrected chi connectivity index (χ4v) is 2.95. The quantitative estimate of drug-likeness (QED) is 0.838. The molecular weight excluding hydrogens is 321 g/mol. The Morgan fingerprint density at radius 1 is 1.33 bits per heavy atom. The molecule has 132 valence electrons. The van der Waals surface area contributed by atoms with Gasteiger partial charge in [0, 0.05) is 25.6 Å². The molecule has 7 heteroatoms. The van der Waals surface area contributed by atoms with Gasteiger partial charge in [-0.15, -0.1) is 0 Å². The Morgan fingerprint density at radius 2 is 2.08 bits per heavy atom. The number of ether oxygens (including phenoxy) is 1. The van der Waals surface area contributed by atoms with Crippen molar-refractivity contribution in [1.82, 2.24) is 9.88 Å². The maximum Gasteiger partial charge on any atom is 0.420 e. The molecule has 1 aromatic heterocycles. The summed E-state index contributed by atoms with van der Waals surface area (Å²) in [4.78, 5) is 6.34. The number of morpholine rings is 1. The molecule has 2 heterocycles. The number of oxazole rings is 1. The van der Waals surface area contributed by atoms with Gasteiger partial charge in [-0.05, 0) is 24.6 Å². The van der Waals surface area contributed by atoms with Gasteiger partial charge in [0.25, 0.3) is 0 Å². The molecule has 0 unspecified atom stereocenters. The van der Waals surface area contributed by atoms with Gasteiger partial charge in [-0.25, -0.2) is 4.98 Å². The summed E-state index contributed by atoms with van der Waals surface area (Å²) in [5, 5.41) is 0. The number of hydrogen-bond donors (Lipinski definition) is 0. The molecule has 0 aliphatic carbocycles. The molecule has 1 aliphatic rings. The summed E-state index contributed by atoms with van der Waals surface area (Å²) in [6, 6.07) is 2.87. The molecule has 0 saturated carbocycles. The van der Waals surface area contributed by atoms with E-state index in [1.54, 1.807) is 6.07 Å². The first kappa shape index (κ1) is 17.2. The van der Waals surface area contributed by atoms with Crippen LogP contribution in [0.25, 0.3) is 11.1 Å². The van der Waals surface area contributed by atoms with Crippen LogP contribution in [-0.2, 0) is 17.5 Å². The smallest absolute Gasteiger partial charge is 0.420 e. The SMILES string of the molecule is CC(C)c1nc2cc(CN3CCO[C@H](C)C3)cc(C(F)(F)F)c2o1. The van der Waals surface area contributed by atoms with Crippen molar-refractivity contribution in [2.45, 2.75) is 45.5 Å². The van der Waals surface area contributed by atoms with Crippen LogP contribution in [0.3, 0.4) is 0 Å². The molecule has 1 fully saturated rings. The van der Waals surface area contributed by atoms with E-state index < -0.39 is 11.7 Å². The zero-order valence-electron chi connectivity index (χ0n) is 14.0. The minimum Gasteiger partial charge on any atom is -0.440 e. The van der Waals surface area contributed by atoms with Gasteiger partial charge < -0.3 is 9.15 Å². The normalized spacial score (nSPS) is 20.2. The van der Waals surface area contributed by atoms with Crippen LogP contribution in [0.1, 0.15) is 43.7 Å². The number of fused-ring (bicyclic) bond motifs is 1. The van der Waals surface area contributed by atoms with Crippen molar-refractivity contribution < 1.29 is 22.3 Å². The summed E-state index contributed by atoms with van der Waals surface area (Å²) in [6.45, 7) is 8.09. The molecular formula is C17H21F3N2O2. The largest absolute Gasteiger partial charge is 0.440 e. The number of nitrogens with zero attached hydrogens (tertiary/aromatic N) is 2. The Balaban J connectivity index is 1.99. The zero-order chi connectivity index (χ0) is 17.5. The zero-order valence-corrected chi connectivity index (χ0v) is 14.0. The van der Waals surface area contributed by atoms with Gasteiger partial charge in [0.2, 0.25) is 0 Å². The standard InChI is InChI=1S/C17H21F3N2O2/c1-10(2)16-21-14-7-12(9-22-4-5-23-11(3)8-22)6-13(15(14)24-16)17(18,19)20/h6-7,10-11H,4-5,8-9H2,1-3H3/t11-/m1/s1. The fraction of sp³-hybridized carbons (Fsp3) is 0.588. The topological polar surface area (TPSA) is 38.5 Å². The number of halogens is 3. The van der Waals surface area contributed by atoms with Crippen molar-refractivity contribution in [1.29, 1.82) is 0 Å². The first-order valence-corrected chi connectivity index (χ1v) is 8.08. The van der Waals surface area contributed by atoms with Crippen molar-refractivity contribution in [2.75, 3.05) is 19.7 Å². The van der Waals surface area contributed by atoms with Crippen LogP contribution in [0.4, 0.5) is 13.2 Å². The third kappa shape index (κ3) is 3.57. The second-order valence-electron chi connectivity index (χ2n) is 6.61. The molecule has 0 spiro atoms. The van der Waals surface area contributed by atoms with Gasteiger partial charge in [-0.3, -0.25) is 4.90 Å². The Morgan fingerprint density at radius 3 is 2.71 bits per heavy atom. The number of rotatable bonds is 3. The monoisotopic (exact) mass is 342 g/mol. The lowest BCUT2D eigenvalue weighted by Gasteiger charge is -2.31. The summed E-state index contributed by atoms with van der Waals surface area (Å²) < 4.78 is 51.1. The first-order valence-electron chi connectivity index (χ1n) is 8.08. The summed E-state index contributed by atoms with van der Waals surface area (Å²) in [5.41, 5.74) is -0.0710. The summed E-state index contributed by atoms with van der Waals surface area (Å²) in [5.74, 6) is 0.259. The van der Waals surface area contributed by atoms with Crippen molar-refractivity contribution in [3.05, 3.63) is 29.2 Å². The second-order valence-corrected chi connectivity index (χ2v) is 6.61. The maximum absolute atomic E-state index is 13.4. The predicted molar refractivity (Wildman–Crippen MR) is 83.8 cm³/mol. The van der Waals surface area contributed by atoms with E-state index in [2.05, 4.69) is 9.88 Å². The highest BCUT2D eigenvalue weighted by Crippen LogP contribution is 2.37. The maximum atomic E-state index is 13.4. The molecule has 24 heavy (non-hydrogen) atoms. The van der Waals surface area contributed by atoms with Gasteiger partial charge >= 0.3 is 6.18 Å². The average Bonchev–Trinajstić information content (AvgIpc) is 2.89. The molecule has 1 saturated heterocycles. The minimum absolute atomic E-state index is 0.0676. The Bertz CT molecular complexity index is 724. The van der Waals surface area contributed by atoms with E-state index in [0.717, 1.165) is 0 Å².